The molecule has 0 aliphatic carbocycles. The van der Waals surface area contributed by atoms with Crippen LogP contribution in [-0.2, 0) is 0 Å². The van der Waals surface area contributed by atoms with Crippen molar-refractivity contribution in [3.8, 4) is 0 Å². The molecule has 2 rings (SSSR count). The number of aliphatic hydroxyl groups is 2. The van der Waals surface area contributed by atoms with Crippen LogP contribution in [0.5, 0.6) is 0 Å². The van der Waals surface area contributed by atoms with Gasteiger partial charge in [0.15, 0.2) is 5.65 Å². The van der Waals surface area contributed by atoms with Crippen molar-refractivity contribution >= 4 is 16.7 Å². The highest BCUT2D eigenvalue weighted by Crippen LogP contribution is 2.12. The van der Waals surface area contributed by atoms with Crippen LogP contribution in [0.15, 0.2) is 29.2 Å². The van der Waals surface area contributed by atoms with E-state index in [2.05, 4.69) is 10.3 Å². The first-order valence-electron chi connectivity index (χ1n) is 4.42. The van der Waals surface area contributed by atoms with Crippen LogP contribution in [0.25, 0.3) is 11.0 Å². The van der Waals surface area contributed by atoms with E-state index in [9.17, 15) is 10.0 Å². The molecule has 0 fully saturated rings. The van der Waals surface area contributed by atoms with E-state index in [1.165, 1.54) is 12.3 Å². The normalized spacial score (nSPS) is 10.9. The second-order valence-corrected chi connectivity index (χ2v) is 3.11. The Labute approximate surface area is 89.2 Å². The van der Waals surface area contributed by atoms with Crippen molar-refractivity contribution < 1.29 is 15.4 Å². The van der Waals surface area contributed by atoms with Crippen molar-refractivity contribution in [3.05, 3.63) is 34.7 Å². The summed E-state index contributed by atoms with van der Waals surface area (Å²) >= 11 is 0. The van der Waals surface area contributed by atoms with E-state index in [4.69, 9.17) is 10.2 Å². The van der Waals surface area contributed by atoms with Crippen LogP contribution in [0.2, 0.25) is 0 Å². The van der Waals surface area contributed by atoms with Gasteiger partial charge in [-0.25, -0.2) is 4.98 Å². The molecule has 0 spiro atoms. The topological polar surface area (TPSA) is 108 Å². The predicted octanol–water partition coefficient (Wildman–Crippen LogP) is -0.686. The number of fused-ring (bicyclic) bond motifs is 1. The lowest BCUT2D eigenvalue weighted by molar-refractivity contribution is -0.0149. The third kappa shape index (κ3) is 1.69. The molecule has 0 aliphatic heterocycles. The average Bonchev–Trinajstić information content (AvgIpc) is 2.25. The quantitative estimate of drug-likeness (QED) is 0.396. The molecule has 7 heteroatoms. The second-order valence-electron chi connectivity index (χ2n) is 3.11. The zero-order valence-electron chi connectivity index (χ0n) is 8.03. The minimum Gasteiger partial charge on any atom is -0.423 e. The molecular formula is C9H9N3O4. The van der Waals surface area contributed by atoms with E-state index in [0.29, 0.717) is 10.1 Å². The van der Waals surface area contributed by atoms with E-state index in [1.54, 1.807) is 12.1 Å². The standard InChI is InChI=1S/C9H9N3O4/c13-8-6(11-9(14)15)4-5-2-1-3-10-7(5)12(8)16/h1-4,9,11,14-16H. The Balaban J connectivity index is 2.69. The predicted molar refractivity (Wildman–Crippen MR) is 55.0 cm³/mol. The smallest absolute Gasteiger partial charge is 0.308 e. The Morgan fingerprint density at radius 2 is 2.19 bits per heavy atom. The molecule has 4 N–H and O–H groups in total. The fourth-order valence-electron chi connectivity index (χ4n) is 1.37. The van der Waals surface area contributed by atoms with Gasteiger partial charge in [0.05, 0.1) is 0 Å². The fourth-order valence-corrected chi connectivity index (χ4v) is 1.37. The summed E-state index contributed by atoms with van der Waals surface area (Å²) in [5.41, 5.74) is -0.831. The molecular weight excluding hydrogens is 214 g/mol. The van der Waals surface area contributed by atoms with Gasteiger partial charge < -0.3 is 20.7 Å². The van der Waals surface area contributed by atoms with Crippen molar-refractivity contribution in [1.82, 2.24) is 9.71 Å². The molecule has 2 heterocycles. The SMILES string of the molecule is O=c1c(NC(O)O)cc2cccnc2n1O. The summed E-state index contributed by atoms with van der Waals surface area (Å²) in [6.45, 7) is 0. The van der Waals surface area contributed by atoms with Gasteiger partial charge in [-0.05, 0) is 18.2 Å². The van der Waals surface area contributed by atoms with Crippen LogP contribution >= 0.6 is 0 Å². The van der Waals surface area contributed by atoms with Crippen molar-refractivity contribution in [3.63, 3.8) is 0 Å². The van der Waals surface area contributed by atoms with Crippen molar-refractivity contribution in [2.45, 2.75) is 6.41 Å². The number of aliphatic hydroxyl groups excluding tert-OH is 1. The lowest BCUT2D eigenvalue weighted by Crippen LogP contribution is -2.27. The van der Waals surface area contributed by atoms with Gasteiger partial charge in [-0.1, -0.05) is 0 Å². The number of hydrogen-bond acceptors (Lipinski definition) is 6. The van der Waals surface area contributed by atoms with Crippen LogP contribution < -0.4 is 10.9 Å². The number of nitrogens with one attached hydrogen (secondary N) is 1. The highest BCUT2D eigenvalue weighted by molar-refractivity contribution is 5.78. The molecule has 0 atom stereocenters. The Bertz CT molecular complexity index is 578. The molecule has 0 bridgehead atoms. The van der Waals surface area contributed by atoms with Gasteiger partial charge in [0, 0.05) is 11.6 Å². The van der Waals surface area contributed by atoms with Crippen LogP contribution in [0, 0.1) is 0 Å². The fraction of sp³-hybridized carbons (Fsp3) is 0.111. The monoisotopic (exact) mass is 223 g/mol. The van der Waals surface area contributed by atoms with Crippen molar-refractivity contribution in [2.75, 3.05) is 5.32 Å². The zero-order chi connectivity index (χ0) is 11.7. The Hall–Kier alpha value is -2.12. The van der Waals surface area contributed by atoms with Gasteiger partial charge in [-0.2, -0.15) is 0 Å². The van der Waals surface area contributed by atoms with E-state index in [-0.39, 0.29) is 11.3 Å². The molecule has 2 aromatic rings. The molecule has 0 saturated carbocycles. The lowest BCUT2D eigenvalue weighted by atomic mass is 10.2. The number of nitrogens with zero attached hydrogens (tertiary/aromatic N) is 2. The van der Waals surface area contributed by atoms with Gasteiger partial charge in [0.2, 0.25) is 6.41 Å². The third-order valence-electron chi connectivity index (χ3n) is 2.02. The molecule has 0 amide bonds. The summed E-state index contributed by atoms with van der Waals surface area (Å²) in [7, 11) is 0. The molecule has 84 valence electrons. The van der Waals surface area contributed by atoms with Crippen LogP contribution in [0.1, 0.15) is 0 Å². The van der Waals surface area contributed by atoms with Gasteiger partial charge in [0.25, 0.3) is 0 Å². The maximum Gasteiger partial charge on any atom is 0.308 e. The molecule has 0 aromatic carbocycles. The molecule has 16 heavy (non-hydrogen) atoms. The lowest BCUT2D eigenvalue weighted by Gasteiger charge is -2.09. The third-order valence-corrected chi connectivity index (χ3v) is 2.02. The van der Waals surface area contributed by atoms with E-state index in [1.807, 2.05) is 0 Å². The molecule has 0 aliphatic rings. The number of aromatic nitrogens is 2. The largest absolute Gasteiger partial charge is 0.423 e. The van der Waals surface area contributed by atoms with Crippen LogP contribution in [-0.4, -0.2) is 31.5 Å². The summed E-state index contributed by atoms with van der Waals surface area (Å²) in [4.78, 5) is 15.3. The molecule has 0 radical (unpaired) electrons. The van der Waals surface area contributed by atoms with Crippen molar-refractivity contribution in [1.29, 1.82) is 0 Å². The summed E-state index contributed by atoms with van der Waals surface area (Å²) in [5.74, 6) is 0. The molecule has 0 saturated heterocycles. The van der Waals surface area contributed by atoms with E-state index < -0.39 is 12.0 Å². The summed E-state index contributed by atoms with van der Waals surface area (Å²) < 4.78 is 0.347. The maximum absolute atomic E-state index is 11.5. The number of rotatable bonds is 2. The van der Waals surface area contributed by atoms with E-state index >= 15 is 0 Å². The summed E-state index contributed by atoms with van der Waals surface area (Å²) in [6, 6.07) is 4.63. The zero-order valence-corrected chi connectivity index (χ0v) is 8.03. The second kappa shape index (κ2) is 3.80. The van der Waals surface area contributed by atoms with Gasteiger partial charge in [0.1, 0.15) is 5.69 Å². The summed E-state index contributed by atoms with van der Waals surface area (Å²) in [6.07, 6.45) is -0.440. The minimum absolute atomic E-state index is 0.102. The first-order valence-corrected chi connectivity index (χ1v) is 4.42. The van der Waals surface area contributed by atoms with Crippen LogP contribution in [0.4, 0.5) is 5.69 Å². The first-order chi connectivity index (χ1) is 7.59. The Morgan fingerprint density at radius 1 is 1.44 bits per heavy atom. The average molecular weight is 223 g/mol. The minimum atomic E-state index is -1.87. The number of anilines is 1. The summed E-state index contributed by atoms with van der Waals surface area (Å²) in [5, 5.41) is 29.5. The molecule has 7 nitrogen and oxygen atoms in total. The number of hydrogen-bond donors (Lipinski definition) is 4. The van der Waals surface area contributed by atoms with Crippen molar-refractivity contribution in [2.24, 2.45) is 0 Å². The highest BCUT2D eigenvalue weighted by atomic mass is 16.5. The van der Waals surface area contributed by atoms with E-state index in [0.717, 1.165) is 0 Å². The number of pyridine rings is 2. The molecule has 0 unspecified atom stereocenters. The van der Waals surface area contributed by atoms with Gasteiger partial charge >= 0.3 is 5.56 Å². The molecule has 2 aromatic heterocycles. The Morgan fingerprint density at radius 3 is 2.88 bits per heavy atom. The Kier molecular flexibility index (Phi) is 2.47. The first kappa shape index (κ1) is 10.4. The van der Waals surface area contributed by atoms with Crippen LogP contribution in [0.3, 0.4) is 0 Å². The van der Waals surface area contributed by atoms with Gasteiger partial charge in [-0.3, -0.25) is 4.79 Å². The highest BCUT2D eigenvalue weighted by Gasteiger charge is 2.10. The van der Waals surface area contributed by atoms with Gasteiger partial charge in [-0.15, -0.1) is 4.73 Å². The maximum atomic E-state index is 11.5.